The van der Waals surface area contributed by atoms with E-state index in [1.807, 2.05) is 12.5 Å². The van der Waals surface area contributed by atoms with Gasteiger partial charge in [0.1, 0.15) is 0 Å². The van der Waals surface area contributed by atoms with Crippen LogP contribution in [0.15, 0.2) is 36.8 Å². The van der Waals surface area contributed by atoms with Crippen LogP contribution in [0.5, 0.6) is 0 Å². The lowest BCUT2D eigenvalue weighted by molar-refractivity contribution is 0.451. The van der Waals surface area contributed by atoms with Crippen LogP contribution >= 0.6 is 22.6 Å². The minimum atomic E-state index is 0.584. The van der Waals surface area contributed by atoms with Gasteiger partial charge in [0.2, 0.25) is 0 Å². The van der Waals surface area contributed by atoms with Crippen LogP contribution in [-0.2, 0) is 0 Å². The van der Waals surface area contributed by atoms with Gasteiger partial charge in [-0.25, -0.2) is 4.98 Å². The zero-order chi connectivity index (χ0) is 12.4. The number of aromatic nitrogens is 2. The Labute approximate surface area is 121 Å². The Hall–Kier alpha value is -0.880. The molecule has 1 saturated heterocycles. The molecular weight excluding hydrogens is 337 g/mol. The number of nitrogens with one attached hydrogen (secondary N) is 1. The van der Waals surface area contributed by atoms with E-state index in [1.54, 1.807) is 0 Å². The topological polar surface area (TPSA) is 29.9 Å². The third-order valence-electron chi connectivity index (χ3n) is 3.49. The average Bonchev–Trinajstić information content (AvgIpc) is 2.90. The van der Waals surface area contributed by atoms with Gasteiger partial charge in [0.25, 0.3) is 0 Å². The van der Waals surface area contributed by atoms with Crippen molar-refractivity contribution in [2.24, 2.45) is 0 Å². The first-order valence-electron chi connectivity index (χ1n) is 6.33. The summed E-state index contributed by atoms with van der Waals surface area (Å²) < 4.78 is 3.48. The van der Waals surface area contributed by atoms with E-state index >= 15 is 0 Å². The Morgan fingerprint density at radius 2 is 2.11 bits per heavy atom. The first-order chi connectivity index (χ1) is 8.84. The summed E-state index contributed by atoms with van der Waals surface area (Å²) in [5.74, 6) is 0.584. The van der Waals surface area contributed by atoms with Crippen molar-refractivity contribution in [3.8, 4) is 5.69 Å². The van der Waals surface area contributed by atoms with E-state index in [9.17, 15) is 0 Å². The fourth-order valence-corrected chi connectivity index (χ4v) is 2.89. The van der Waals surface area contributed by atoms with Crippen molar-refractivity contribution in [3.63, 3.8) is 0 Å². The molecule has 1 aromatic carbocycles. The summed E-state index contributed by atoms with van der Waals surface area (Å²) in [5.41, 5.74) is 2.52. The van der Waals surface area contributed by atoms with Crippen LogP contribution in [0.3, 0.4) is 0 Å². The summed E-state index contributed by atoms with van der Waals surface area (Å²) in [4.78, 5) is 4.33. The molecule has 0 spiro atoms. The van der Waals surface area contributed by atoms with Crippen LogP contribution in [0.4, 0.5) is 0 Å². The van der Waals surface area contributed by atoms with Gasteiger partial charge in [-0.15, -0.1) is 0 Å². The molecule has 2 heterocycles. The number of benzene rings is 1. The van der Waals surface area contributed by atoms with E-state index in [0.717, 1.165) is 13.1 Å². The normalized spacial score (nSPS) is 19.9. The second kappa shape index (κ2) is 5.40. The SMILES string of the molecule is Ic1ccc(-n2cncc2C2CCCNC2)cc1. The monoisotopic (exact) mass is 353 g/mol. The highest BCUT2D eigenvalue weighted by Gasteiger charge is 2.19. The highest BCUT2D eigenvalue weighted by atomic mass is 127. The smallest absolute Gasteiger partial charge is 0.0994 e. The Bertz CT molecular complexity index is 512. The zero-order valence-electron chi connectivity index (χ0n) is 10.1. The number of imidazole rings is 1. The molecule has 0 radical (unpaired) electrons. The summed E-state index contributed by atoms with van der Waals surface area (Å²) in [6.45, 7) is 2.21. The van der Waals surface area contributed by atoms with Crippen molar-refractivity contribution in [2.75, 3.05) is 13.1 Å². The summed E-state index contributed by atoms with van der Waals surface area (Å²) in [6, 6.07) is 8.59. The van der Waals surface area contributed by atoms with Crippen molar-refractivity contribution in [1.82, 2.24) is 14.9 Å². The molecule has 0 bridgehead atoms. The highest BCUT2D eigenvalue weighted by molar-refractivity contribution is 14.1. The van der Waals surface area contributed by atoms with Gasteiger partial charge in [-0.2, -0.15) is 0 Å². The van der Waals surface area contributed by atoms with Gasteiger partial charge in [0, 0.05) is 33.6 Å². The van der Waals surface area contributed by atoms with Gasteiger partial charge in [-0.05, 0) is 66.2 Å². The molecule has 18 heavy (non-hydrogen) atoms. The summed E-state index contributed by atoms with van der Waals surface area (Å²) in [7, 11) is 0. The fraction of sp³-hybridized carbons (Fsp3) is 0.357. The lowest BCUT2D eigenvalue weighted by atomic mass is 9.96. The molecule has 94 valence electrons. The van der Waals surface area contributed by atoms with Crippen LogP contribution in [0, 0.1) is 3.57 Å². The molecule has 4 heteroatoms. The Kier molecular flexibility index (Phi) is 3.65. The highest BCUT2D eigenvalue weighted by Crippen LogP contribution is 2.25. The standard InChI is InChI=1S/C14H16IN3/c15-12-3-5-13(6-4-12)18-10-17-9-14(18)11-2-1-7-16-8-11/h3-6,9-11,16H,1-2,7-8H2. The third-order valence-corrected chi connectivity index (χ3v) is 4.21. The first-order valence-corrected chi connectivity index (χ1v) is 7.41. The van der Waals surface area contributed by atoms with Gasteiger partial charge in [0.05, 0.1) is 6.33 Å². The molecule has 1 atom stereocenters. The van der Waals surface area contributed by atoms with Crippen LogP contribution in [0.2, 0.25) is 0 Å². The van der Waals surface area contributed by atoms with Crippen LogP contribution in [0.1, 0.15) is 24.5 Å². The molecule has 1 fully saturated rings. The predicted molar refractivity (Wildman–Crippen MR) is 81.1 cm³/mol. The quantitative estimate of drug-likeness (QED) is 0.842. The summed E-state index contributed by atoms with van der Waals surface area (Å²) in [6.07, 6.45) is 6.44. The number of halogens is 1. The van der Waals surface area contributed by atoms with E-state index in [-0.39, 0.29) is 0 Å². The fourth-order valence-electron chi connectivity index (χ4n) is 2.53. The van der Waals surface area contributed by atoms with Crippen LogP contribution < -0.4 is 5.32 Å². The third kappa shape index (κ3) is 2.44. The number of piperidine rings is 1. The van der Waals surface area contributed by atoms with Gasteiger partial charge < -0.3 is 9.88 Å². The Morgan fingerprint density at radius 3 is 2.83 bits per heavy atom. The number of nitrogens with zero attached hydrogens (tertiary/aromatic N) is 2. The maximum Gasteiger partial charge on any atom is 0.0994 e. The van der Waals surface area contributed by atoms with E-state index in [0.29, 0.717) is 5.92 Å². The van der Waals surface area contributed by atoms with Gasteiger partial charge in [-0.3, -0.25) is 0 Å². The minimum absolute atomic E-state index is 0.584. The van der Waals surface area contributed by atoms with E-state index in [2.05, 4.69) is 61.7 Å². The number of hydrogen-bond donors (Lipinski definition) is 1. The van der Waals surface area contributed by atoms with Crippen molar-refractivity contribution in [2.45, 2.75) is 18.8 Å². The Balaban J connectivity index is 1.93. The van der Waals surface area contributed by atoms with Crippen LogP contribution in [0.25, 0.3) is 5.69 Å². The molecule has 1 aliphatic rings. The molecule has 0 saturated carbocycles. The van der Waals surface area contributed by atoms with Crippen molar-refractivity contribution in [1.29, 1.82) is 0 Å². The van der Waals surface area contributed by atoms with Gasteiger partial charge >= 0.3 is 0 Å². The second-order valence-electron chi connectivity index (χ2n) is 4.71. The van der Waals surface area contributed by atoms with Crippen molar-refractivity contribution >= 4 is 22.6 Å². The molecule has 1 aromatic heterocycles. The molecule has 0 amide bonds. The number of hydrogen-bond acceptors (Lipinski definition) is 2. The summed E-state index contributed by atoms with van der Waals surface area (Å²) >= 11 is 2.33. The maximum absolute atomic E-state index is 4.33. The Morgan fingerprint density at radius 1 is 1.28 bits per heavy atom. The van der Waals surface area contributed by atoms with Crippen molar-refractivity contribution < 1.29 is 0 Å². The maximum atomic E-state index is 4.33. The largest absolute Gasteiger partial charge is 0.316 e. The van der Waals surface area contributed by atoms with Gasteiger partial charge in [-0.1, -0.05) is 0 Å². The molecule has 1 aliphatic heterocycles. The van der Waals surface area contributed by atoms with Crippen LogP contribution in [-0.4, -0.2) is 22.6 Å². The summed E-state index contributed by atoms with van der Waals surface area (Å²) in [5, 5.41) is 3.47. The number of rotatable bonds is 2. The predicted octanol–water partition coefficient (Wildman–Crippen LogP) is 2.94. The van der Waals surface area contributed by atoms with E-state index in [1.165, 1.54) is 27.8 Å². The van der Waals surface area contributed by atoms with E-state index < -0.39 is 0 Å². The zero-order valence-corrected chi connectivity index (χ0v) is 12.3. The lowest BCUT2D eigenvalue weighted by Crippen LogP contribution is -2.29. The molecule has 1 N–H and O–H groups in total. The first kappa shape index (κ1) is 12.2. The molecule has 2 aromatic rings. The molecule has 3 rings (SSSR count). The van der Waals surface area contributed by atoms with Gasteiger partial charge in [0.15, 0.2) is 0 Å². The molecule has 1 unspecified atom stereocenters. The molecule has 3 nitrogen and oxygen atoms in total. The average molecular weight is 353 g/mol. The van der Waals surface area contributed by atoms with Crippen molar-refractivity contribution in [3.05, 3.63) is 46.1 Å². The molecular formula is C14H16IN3. The minimum Gasteiger partial charge on any atom is -0.316 e. The van der Waals surface area contributed by atoms with E-state index in [4.69, 9.17) is 0 Å². The lowest BCUT2D eigenvalue weighted by Gasteiger charge is -2.23. The molecule has 0 aliphatic carbocycles. The second-order valence-corrected chi connectivity index (χ2v) is 5.95.